The summed E-state index contributed by atoms with van der Waals surface area (Å²) in [4.78, 5) is 25.2. The normalized spacial score (nSPS) is 11.9. The van der Waals surface area contributed by atoms with E-state index in [1.165, 1.54) is 11.8 Å². The molecule has 2 rings (SSSR count). The quantitative estimate of drug-likeness (QED) is 0.370. The molecule has 0 aliphatic rings. The van der Waals surface area contributed by atoms with E-state index in [1.54, 1.807) is 36.6 Å². The van der Waals surface area contributed by atoms with Crippen LogP contribution in [-0.4, -0.2) is 25.4 Å². The molecule has 1 aromatic carbocycles. The van der Waals surface area contributed by atoms with Crippen LogP contribution in [-0.2, 0) is 4.79 Å². The average molecular weight is 418 g/mol. The topological polar surface area (TPSA) is 64.6 Å². The molecule has 5 nitrogen and oxygen atoms in total. The molecule has 2 aromatic rings. The van der Waals surface area contributed by atoms with Gasteiger partial charge in [-0.05, 0) is 48.9 Å². The van der Waals surface area contributed by atoms with E-state index in [1.807, 2.05) is 6.07 Å². The third kappa shape index (κ3) is 6.60. The fraction of sp³-hybridized carbons (Fsp3) is 0.478. The van der Waals surface area contributed by atoms with Crippen LogP contribution in [0.3, 0.4) is 0 Å². The predicted octanol–water partition coefficient (Wildman–Crippen LogP) is 5.41. The van der Waals surface area contributed by atoms with Crippen LogP contribution in [0.2, 0.25) is 0 Å². The van der Waals surface area contributed by atoms with Crippen LogP contribution < -0.4 is 14.8 Å². The second-order valence-corrected chi connectivity index (χ2v) is 7.99. The zero-order valence-electron chi connectivity index (χ0n) is 17.7. The first-order valence-electron chi connectivity index (χ1n) is 10.1. The molecule has 0 saturated carbocycles. The molecule has 0 spiro atoms. The second-order valence-electron chi connectivity index (χ2n) is 7.01. The van der Waals surface area contributed by atoms with E-state index in [2.05, 4.69) is 30.6 Å². The minimum atomic E-state index is -0.0238. The fourth-order valence-electron chi connectivity index (χ4n) is 3.32. The number of amides is 1. The Hall–Kier alpha value is -2.34. The lowest BCUT2D eigenvalue weighted by Crippen LogP contribution is -2.32. The van der Waals surface area contributed by atoms with Gasteiger partial charge in [-0.2, -0.15) is 0 Å². The monoisotopic (exact) mass is 417 g/mol. The van der Waals surface area contributed by atoms with Crippen molar-refractivity contribution in [2.24, 2.45) is 5.92 Å². The molecule has 0 aliphatic carbocycles. The molecule has 0 fully saturated rings. The van der Waals surface area contributed by atoms with E-state index < -0.39 is 0 Å². The van der Waals surface area contributed by atoms with Crippen LogP contribution in [0.25, 0.3) is 0 Å². The molecule has 29 heavy (non-hydrogen) atoms. The van der Waals surface area contributed by atoms with Crippen molar-refractivity contribution >= 4 is 23.0 Å². The van der Waals surface area contributed by atoms with Gasteiger partial charge in [0.2, 0.25) is 5.91 Å². The van der Waals surface area contributed by atoms with Crippen molar-refractivity contribution in [3.63, 3.8) is 0 Å². The van der Waals surface area contributed by atoms with Gasteiger partial charge in [0.05, 0.1) is 19.8 Å². The van der Waals surface area contributed by atoms with Crippen LogP contribution in [0.1, 0.15) is 67.7 Å². The zero-order chi connectivity index (χ0) is 21.2. The Kier molecular flexibility index (Phi) is 9.19. The van der Waals surface area contributed by atoms with Gasteiger partial charge in [-0.3, -0.25) is 9.59 Å². The van der Waals surface area contributed by atoms with Crippen molar-refractivity contribution in [2.45, 2.75) is 52.5 Å². The first-order chi connectivity index (χ1) is 14.0. The molecule has 0 aliphatic heterocycles. The van der Waals surface area contributed by atoms with Crippen molar-refractivity contribution in [3.8, 4) is 11.5 Å². The van der Waals surface area contributed by atoms with E-state index in [0.29, 0.717) is 42.4 Å². The van der Waals surface area contributed by atoms with Crippen molar-refractivity contribution in [1.29, 1.82) is 0 Å². The standard InChI is InChI=1S/C23H31NO4S/c1-5-17(6-2)23(21-9-8-14-29-21)24-22(26)10-7-13-28-19-12-11-18(16(3)25)15-20(19)27-4/h8-9,11-12,14-15,17,23H,5-7,10,13H2,1-4H3,(H,24,26). The van der Waals surface area contributed by atoms with Gasteiger partial charge in [-0.15, -0.1) is 11.3 Å². The third-order valence-corrected chi connectivity index (χ3v) is 6.02. The van der Waals surface area contributed by atoms with Gasteiger partial charge in [-0.1, -0.05) is 32.8 Å². The van der Waals surface area contributed by atoms with E-state index in [-0.39, 0.29) is 17.7 Å². The van der Waals surface area contributed by atoms with Crippen LogP contribution in [0.15, 0.2) is 35.7 Å². The predicted molar refractivity (Wildman–Crippen MR) is 117 cm³/mol. The van der Waals surface area contributed by atoms with Gasteiger partial charge in [0, 0.05) is 16.9 Å². The number of methoxy groups -OCH3 is 1. The highest BCUT2D eigenvalue weighted by molar-refractivity contribution is 7.10. The Balaban J connectivity index is 1.87. The second kappa shape index (κ2) is 11.6. The number of benzene rings is 1. The number of hydrogen-bond acceptors (Lipinski definition) is 5. The third-order valence-electron chi connectivity index (χ3n) is 5.06. The SMILES string of the molecule is CCC(CC)C(NC(=O)CCCOc1ccc(C(C)=O)cc1OC)c1cccs1. The smallest absolute Gasteiger partial charge is 0.220 e. The summed E-state index contributed by atoms with van der Waals surface area (Å²) in [5.74, 6) is 1.54. The van der Waals surface area contributed by atoms with Gasteiger partial charge in [0.1, 0.15) is 0 Å². The lowest BCUT2D eigenvalue weighted by atomic mass is 9.93. The van der Waals surface area contributed by atoms with Crippen LogP contribution >= 0.6 is 11.3 Å². The largest absolute Gasteiger partial charge is 0.493 e. The average Bonchev–Trinajstić information content (AvgIpc) is 3.25. The summed E-state index contributed by atoms with van der Waals surface area (Å²) in [5, 5.41) is 5.27. The summed E-state index contributed by atoms with van der Waals surface area (Å²) in [6, 6.07) is 9.31. The molecule has 1 heterocycles. The van der Waals surface area contributed by atoms with Gasteiger partial charge in [-0.25, -0.2) is 0 Å². The summed E-state index contributed by atoms with van der Waals surface area (Å²) >= 11 is 1.69. The maximum absolute atomic E-state index is 12.5. The van der Waals surface area contributed by atoms with Crippen molar-refractivity contribution in [1.82, 2.24) is 5.32 Å². The first-order valence-corrected chi connectivity index (χ1v) is 11.0. The van der Waals surface area contributed by atoms with Crippen molar-refractivity contribution < 1.29 is 19.1 Å². The lowest BCUT2D eigenvalue weighted by Gasteiger charge is -2.25. The van der Waals surface area contributed by atoms with Gasteiger partial charge in [0.25, 0.3) is 0 Å². The molecule has 1 amide bonds. The Bertz CT molecular complexity index is 784. The molecule has 6 heteroatoms. The van der Waals surface area contributed by atoms with Crippen molar-refractivity contribution in [3.05, 3.63) is 46.2 Å². The summed E-state index contributed by atoms with van der Waals surface area (Å²) in [5.41, 5.74) is 0.578. The maximum atomic E-state index is 12.5. The number of Topliss-reactive ketones (excluding diaryl/α,β-unsaturated/α-hetero) is 1. The van der Waals surface area contributed by atoms with E-state index in [9.17, 15) is 9.59 Å². The van der Waals surface area contributed by atoms with Crippen molar-refractivity contribution in [2.75, 3.05) is 13.7 Å². The highest BCUT2D eigenvalue weighted by atomic mass is 32.1. The van der Waals surface area contributed by atoms with E-state index in [0.717, 1.165) is 12.8 Å². The van der Waals surface area contributed by atoms with Crippen LogP contribution in [0.5, 0.6) is 11.5 Å². The number of carbonyl (C=O) groups excluding carboxylic acids is 2. The molecule has 0 radical (unpaired) electrons. The summed E-state index contributed by atoms with van der Waals surface area (Å²) in [7, 11) is 1.54. The fourth-order valence-corrected chi connectivity index (χ4v) is 4.19. The first kappa shape index (κ1) is 22.9. The minimum absolute atomic E-state index is 0.0238. The molecule has 1 unspecified atom stereocenters. The van der Waals surface area contributed by atoms with Crippen LogP contribution in [0.4, 0.5) is 0 Å². The molecule has 1 aromatic heterocycles. The van der Waals surface area contributed by atoms with E-state index in [4.69, 9.17) is 9.47 Å². The van der Waals surface area contributed by atoms with Gasteiger partial charge < -0.3 is 14.8 Å². The van der Waals surface area contributed by atoms with E-state index >= 15 is 0 Å². The van der Waals surface area contributed by atoms with Gasteiger partial charge in [0.15, 0.2) is 17.3 Å². The Morgan fingerprint density at radius 1 is 1.14 bits per heavy atom. The number of rotatable bonds is 12. The summed E-state index contributed by atoms with van der Waals surface area (Å²) in [6.07, 6.45) is 3.05. The molecular formula is C23H31NO4S. The summed E-state index contributed by atoms with van der Waals surface area (Å²) in [6.45, 7) is 6.25. The van der Waals surface area contributed by atoms with Gasteiger partial charge >= 0.3 is 0 Å². The molecule has 0 saturated heterocycles. The number of hydrogen-bond donors (Lipinski definition) is 1. The summed E-state index contributed by atoms with van der Waals surface area (Å²) < 4.78 is 11.1. The number of carbonyl (C=O) groups is 2. The Labute approximate surface area is 177 Å². The molecule has 1 atom stereocenters. The Morgan fingerprint density at radius 2 is 1.90 bits per heavy atom. The number of nitrogens with one attached hydrogen (secondary N) is 1. The zero-order valence-corrected chi connectivity index (χ0v) is 18.5. The molecular weight excluding hydrogens is 386 g/mol. The highest BCUT2D eigenvalue weighted by Crippen LogP contribution is 2.31. The minimum Gasteiger partial charge on any atom is -0.493 e. The van der Waals surface area contributed by atoms with Crippen LogP contribution in [0, 0.1) is 5.92 Å². The molecule has 1 N–H and O–H groups in total. The highest BCUT2D eigenvalue weighted by Gasteiger charge is 2.23. The maximum Gasteiger partial charge on any atom is 0.220 e. The number of ether oxygens (including phenoxy) is 2. The molecule has 158 valence electrons. The number of ketones is 1. The molecule has 0 bridgehead atoms. The lowest BCUT2D eigenvalue weighted by molar-refractivity contribution is -0.122. The number of thiophene rings is 1. The Morgan fingerprint density at radius 3 is 2.48 bits per heavy atom.